The average Bonchev–Trinajstić information content (AvgIpc) is 2.73. The summed E-state index contributed by atoms with van der Waals surface area (Å²) in [6.07, 6.45) is 3.80. The first-order chi connectivity index (χ1) is 13.1. The minimum Gasteiger partial charge on any atom is -0.345 e. The minimum atomic E-state index is 0.00954. The highest BCUT2D eigenvalue weighted by atomic mass is 16.2. The first-order valence-electron chi connectivity index (χ1n) is 8.89. The van der Waals surface area contributed by atoms with Crippen molar-refractivity contribution in [3.63, 3.8) is 0 Å². The molecule has 3 nitrogen and oxygen atoms in total. The Labute approximate surface area is 158 Å². The third-order valence-electron chi connectivity index (χ3n) is 4.71. The fraction of sp³-hybridized carbons (Fsp3) is 0.0833. The molecule has 0 atom stereocenters. The van der Waals surface area contributed by atoms with E-state index in [9.17, 15) is 4.79 Å². The number of fused-ring (bicyclic) bond motifs is 1. The smallest absolute Gasteiger partial charge is 0.253 e. The van der Waals surface area contributed by atoms with E-state index in [4.69, 9.17) is 0 Å². The summed E-state index contributed by atoms with van der Waals surface area (Å²) in [5.74, 6) is 0.00954. The topological polar surface area (TPSA) is 33.2 Å². The molecule has 0 fully saturated rings. The van der Waals surface area contributed by atoms with Crippen molar-refractivity contribution in [2.45, 2.75) is 0 Å². The molecule has 0 unspecified atom stereocenters. The Balaban J connectivity index is 1.71. The maximum Gasteiger partial charge on any atom is 0.253 e. The number of hydrogen-bond donors (Lipinski definition) is 0. The van der Waals surface area contributed by atoms with Crippen molar-refractivity contribution in [1.82, 2.24) is 9.88 Å². The second-order valence-corrected chi connectivity index (χ2v) is 6.77. The lowest BCUT2D eigenvalue weighted by Gasteiger charge is -2.12. The van der Waals surface area contributed by atoms with Gasteiger partial charge >= 0.3 is 0 Å². The van der Waals surface area contributed by atoms with Crippen LogP contribution in [0.5, 0.6) is 0 Å². The van der Waals surface area contributed by atoms with Crippen molar-refractivity contribution in [3.05, 3.63) is 90.8 Å². The number of pyridine rings is 1. The number of carbonyl (C=O) groups excluding carboxylic acids is 1. The van der Waals surface area contributed by atoms with Crippen LogP contribution in [-0.2, 0) is 0 Å². The van der Waals surface area contributed by atoms with Crippen LogP contribution in [0.25, 0.3) is 33.0 Å². The Morgan fingerprint density at radius 1 is 0.778 bits per heavy atom. The first-order valence-corrected chi connectivity index (χ1v) is 8.89. The quantitative estimate of drug-likeness (QED) is 0.503. The SMILES string of the molecule is CN(C)C(=O)c1cccc(-c2ccc(-c3cncc4ccccc34)cc2)c1. The molecule has 4 aromatic rings. The number of rotatable bonds is 3. The molecule has 1 heterocycles. The molecule has 0 N–H and O–H groups in total. The molecular formula is C24H20N2O. The van der Waals surface area contributed by atoms with E-state index in [0.29, 0.717) is 5.56 Å². The number of nitrogens with zero attached hydrogens (tertiary/aromatic N) is 2. The van der Waals surface area contributed by atoms with Crippen molar-refractivity contribution in [2.24, 2.45) is 0 Å². The Morgan fingerprint density at radius 3 is 2.30 bits per heavy atom. The summed E-state index contributed by atoms with van der Waals surface area (Å²) in [4.78, 5) is 18.2. The highest BCUT2D eigenvalue weighted by Gasteiger charge is 2.09. The zero-order valence-corrected chi connectivity index (χ0v) is 15.4. The van der Waals surface area contributed by atoms with Gasteiger partial charge in [-0.25, -0.2) is 0 Å². The zero-order valence-electron chi connectivity index (χ0n) is 15.4. The van der Waals surface area contributed by atoms with Gasteiger partial charge in [0.2, 0.25) is 0 Å². The third kappa shape index (κ3) is 3.32. The predicted molar refractivity (Wildman–Crippen MR) is 111 cm³/mol. The molecule has 3 heteroatoms. The lowest BCUT2D eigenvalue weighted by atomic mass is 9.97. The van der Waals surface area contributed by atoms with Gasteiger partial charge in [0.15, 0.2) is 0 Å². The largest absolute Gasteiger partial charge is 0.345 e. The van der Waals surface area contributed by atoms with Gasteiger partial charge in [0.05, 0.1) is 0 Å². The Hall–Kier alpha value is -3.46. The second-order valence-electron chi connectivity index (χ2n) is 6.77. The first kappa shape index (κ1) is 17.0. The highest BCUT2D eigenvalue weighted by Crippen LogP contribution is 2.30. The number of hydrogen-bond acceptors (Lipinski definition) is 2. The Bertz CT molecular complexity index is 1110. The third-order valence-corrected chi connectivity index (χ3v) is 4.71. The summed E-state index contributed by atoms with van der Waals surface area (Å²) in [7, 11) is 3.53. The molecule has 0 aliphatic rings. The molecule has 0 bridgehead atoms. The van der Waals surface area contributed by atoms with Gasteiger partial charge < -0.3 is 4.90 Å². The van der Waals surface area contributed by atoms with Crippen molar-refractivity contribution in [1.29, 1.82) is 0 Å². The van der Waals surface area contributed by atoms with Crippen LogP contribution in [0.3, 0.4) is 0 Å². The molecule has 3 aromatic carbocycles. The van der Waals surface area contributed by atoms with Crippen LogP contribution in [0.1, 0.15) is 10.4 Å². The number of carbonyl (C=O) groups is 1. The molecule has 0 aliphatic heterocycles. The molecule has 0 spiro atoms. The van der Waals surface area contributed by atoms with Gasteiger partial charge in [-0.15, -0.1) is 0 Å². The molecule has 0 saturated carbocycles. The van der Waals surface area contributed by atoms with Crippen LogP contribution in [0.15, 0.2) is 85.2 Å². The van der Waals surface area contributed by atoms with Gasteiger partial charge in [-0.05, 0) is 34.2 Å². The van der Waals surface area contributed by atoms with E-state index in [-0.39, 0.29) is 5.91 Å². The minimum absolute atomic E-state index is 0.00954. The molecule has 0 aliphatic carbocycles. The van der Waals surface area contributed by atoms with E-state index >= 15 is 0 Å². The van der Waals surface area contributed by atoms with E-state index in [1.165, 1.54) is 5.39 Å². The van der Waals surface area contributed by atoms with Gasteiger partial charge in [-0.2, -0.15) is 0 Å². The van der Waals surface area contributed by atoms with Gasteiger partial charge in [0.25, 0.3) is 5.91 Å². The molecule has 1 aromatic heterocycles. The van der Waals surface area contributed by atoms with Crippen LogP contribution in [0.2, 0.25) is 0 Å². The van der Waals surface area contributed by atoms with Crippen molar-refractivity contribution in [3.8, 4) is 22.3 Å². The van der Waals surface area contributed by atoms with Gasteiger partial charge in [0, 0.05) is 43.0 Å². The van der Waals surface area contributed by atoms with Crippen molar-refractivity contribution >= 4 is 16.7 Å². The lowest BCUT2D eigenvalue weighted by Crippen LogP contribution is -2.21. The van der Waals surface area contributed by atoms with Crippen LogP contribution >= 0.6 is 0 Å². The summed E-state index contributed by atoms with van der Waals surface area (Å²) in [5, 5.41) is 2.33. The molecule has 0 radical (unpaired) electrons. The monoisotopic (exact) mass is 352 g/mol. The maximum absolute atomic E-state index is 12.2. The zero-order chi connectivity index (χ0) is 18.8. The fourth-order valence-corrected chi connectivity index (χ4v) is 3.28. The van der Waals surface area contributed by atoms with E-state index in [2.05, 4.69) is 41.4 Å². The van der Waals surface area contributed by atoms with Gasteiger partial charge in [-0.3, -0.25) is 9.78 Å². The maximum atomic E-state index is 12.2. The predicted octanol–water partition coefficient (Wildman–Crippen LogP) is 5.27. The standard InChI is InChI=1S/C24H20N2O/c1-26(2)24(27)20-8-5-7-19(14-20)17-10-12-18(13-11-17)23-16-25-15-21-6-3-4-9-22(21)23/h3-16H,1-2H3. The van der Waals surface area contributed by atoms with Crippen LogP contribution < -0.4 is 0 Å². The fourth-order valence-electron chi connectivity index (χ4n) is 3.28. The van der Waals surface area contributed by atoms with Crippen LogP contribution in [0, 0.1) is 0 Å². The molecule has 27 heavy (non-hydrogen) atoms. The second kappa shape index (κ2) is 7.04. The number of benzene rings is 3. The summed E-state index contributed by atoms with van der Waals surface area (Å²) >= 11 is 0. The molecule has 0 saturated heterocycles. The van der Waals surface area contributed by atoms with E-state index in [1.54, 1.807) is 19.0 Å². The summed E-state index contributed by atoms with van der Waals surface area (Å²) in [6.45, 7) is 0. The molecule has 4 rings (SSSR count). The lowest BCUT2D eigenvalue weighted by molar-refractivity contribution is 0.0827. The summed E-state index contributed by atoms with van der Waals surface area (Å²) in [5.41, 5.74) is 5.06. The van der Waals surface area contributed by atoms with Gasteiger partial charge in [-0.1, -0.05) is 60.7 Å². The number of aromatic nitrogens is 1. The average molecular weight is 352 g/mol. The van der Waals surface area contributed by atoms with Crippen molar-refractivity contribution in [2.75, 3.05) is 14.1 Å². The van der Waals surface area contributed by atoms with Crippen molar-refractivity contribution < 1.29 is 4.79 Å². The Kier molecular flexibility index (Phi) is 4.43. The highest BCUT2D eigenvalue weighted by molar-refractivity contribution is 5.96. The molecule has 1 amide bonds. The molecule has 132 valence electrons. The Morgan fingerprint density at radius 2 is 1.52 bits per heavy atom. The summed E-state index contributed by atoms with van der Waals surface area (Å²) < 4.78 is 0. The normalized spacial score (nSPS) is 10.7. The van der Waals surface area contributed by atoms with E-state index in [0.717, 1.165) is 27.6 Å². The van der Waals surface area contributed by atoms with E-state index < -0.39 is 0 Å². The number of amides is 1. The van der Waals surface area contributed by atoms with Crippen LogP contribution in [0.4, 0.5) is 0 Å². The van der Waals surface area contributed by atoms with Crippen LogP contribution in [-0.4, -0.2) is 29.9 Å². The van der Waals surface area contributed by atoms with Gasteiger partial charge in [0.1, 0.15) is 0 Å². The summed E-state index contributed by atoms with van der Waals surface area (Å²) in [6, 6.07) is 24.4. The van der Waals surface area contributed by atoms with E-state index in [1.807, 2.05) is 48.8 Å². The molecular weight excluding hydrogens is 332 g/mol.